The molecule has 1 atom stereocenters. The number of fused-ring (bicyclic) bond motifs is 1. The quantitative estimate of drug-likeness (QED) is 0.824. The largest absolute Gasteiger partial charge is 0.481 e. The first-order valence-electron chi connectivity index (χ1n) is 7.78. The third-order valence-electron chi connectivity index (χ3n) is 3.63. The summed E-state index contributed by atoms with van der Waals surface area (Å²) in [7, 11) is 2.81. The van der Waals surface area contributed by atoms with Crippen LogP contribution in [0.2, 0.25) is 0 Å². The van der Waals surface area contributed by atoms with Crippen molar-refractivity contribution in [1.82, 2.24) is 10.3 Å². The van der Waals surface area contributed by atoms with Gasteiger partial charge in [-0.1, -0.05) is 32.0 Å². The summed E-state index contributed by atoms with van der Waals surface area (Å²) in [6, 6.07) is 8.47. The highest BCUT2D eigenvalue weighted by molar-refractivity contribution is 5.99. The van der Waals surface area contributed by atoms with Crippen molar-refractivity contribution in [3.05, 3.63) is 36.0 Å². The number of benzene rings is 1. The summed E-state index contributed by atoms with van der Waals surface area (Å²) >= 11 is 0. The van der Waals surface area contributed by atoms with Crippen LogP contribution in [0.1, 0.15) is 30.8 Å². The van der Waals surface area contributed by atoms with E-state index in [1.165, 1.54) is 14.2 Å². The normalized spacial score (nSPS) is 12.0. The third kappa shape index (κ3) is 4.01. The highest BCUT2D eigenvalue weighted by atomic mass is 16.5. The standard InChI is InChI=1S/C18H22N2O4/c1-11(2)9-15(18(22)24-4)19-16(21)14-10-12-7-5-6-8-13(12)17(20-14)23-3/h5-8,10-11,15H,9H2,1-4H3,(H,19,21)/t15-/m1/s1. The first-order chi connectivity index (χ1) is 11.5. The first-order valence-corrected chi connectivity index (χ1v) is 7.78. The fraction of sp³-hybridized carbons (Fsp3) is 0.389. The number of rotatable bonds is 6. The van der Waals surface area contributed by atoms with Gasteiger partial charge < -0.3 is 14.8 Å². The fourth-order valence-electron chi connectivity index (χ4n) is 2.50. The minimum Gasteiger partial charge on any atom is -0.481 e. The van der Waals surface area contributed by atoms with Crippen LogP contribution in [0.15, 0.2) is 30.3 Å². The molecule has 1 N–H and O–H groups in total. The molecule has 0 unspecified atom stereocenters. The fourth-order valence-corrected chi connectivity index (χ4v) is 2.50. The number of aromatic nitrogens is 1. The van der Waals surface area contributed by atoms with Gasteiger partial charge in [-0.05, 0) is 29.9 Å². The number of hydrogen-bond donors (Lipinski definition) is 1. The van der Waals surface area contributed by atoms with Crippen molar-refractivity contribution >= 4 is 22.6 Å². The average molecular weight is 330 g/mol. The van der Waals surface area contributed by atoms with Crippen LogP contribution in [0.25, 0.3) is 10.8 Å². The predicted molar refractivity (Wildman–Crippen MR) is 91.0 cm³/mol. The summed E-state index contributed by atoms with van der Waals surface area (Å²) in [6.45, 7) is 3.94. The van der Waals surface area contributed by atoms with Crippen LogP contribution >= 0.6 is 0 Å². The van der Waals surface area contributed by atoms with Gasteiger partial charge in [-0.15, -0.1) is 0 Å². The number of ether oxygens (including phenoxy) is 2. The Kier molecular flexibility index (Phi) is 5.73. The van der Waals surface area contributed by atoms with Gasteiger partial charge in [0.15, 0.2) is 0 Å². The molecule has 0 spiro atoms. The molecule has 0 bridgehead atoms. The monoisotopic (exact) mass is 330 g/mol. The summed E-state index contributed by atoms with van der Waals surface area (Å²) in [5, 5.41) is 4.36. The molecule has 2 rings (SSSR count). The molecule has 2 aromatic rings. The molecule has 0 radical (unpaired) electrons. The number of carbonyl (C=O) groups excluding carboxylic acids is 2. The highest BCUT2D eigenvalue weighted by Crippen LogP contribution is 2.24. The molecule has 0 aliphatic heterocycles. The molecule has 0 aliphatic carbocycles. The number of pyridine rings is 1. The second-order valence-corrected chi connectivity index (χ2v) is 5.92. The Hall–Kier alpha value is -2.63. The van der Waals surface area contributed by atoms with Crippen LogP contribution in [0.4, 0.5) is 0 Å². The third-order valence-corrected chi connectivity index (χ3v) is 3.63. The summed E-state index contributed by atoms with van der Waals surface area (Å²) in [5.74, 6) is -0.301. The molecular weight excluding hydrogens is 308 g/mol. The van der Waals surface area contributed by atoms with Crippen LogP contribution in [-0.4, -0.2) is 37.1 Å². The molecule has 128 valence electrons. The van der Waals surface area contributed by atoms with Gasteiger partial charge in [0.05, 0.1) is 14.2 Å². The van der Waals surface area contributed by atoms with Gasteiger partial charge in [-0.3, -0.25) is 4.79 Å². The molecule has 1 aromatic carbocycles. The van der Waals surface area contributed by atoms with Crippen molar-refractivity contribution in [2.75, 3.05) is 14.2 Å². The molecule has 1 heterocycles. The van der Waals surface area contributed by atoms with Crippen molar-refractivity contribution in [1.29, 1.82) is 0 Å². The van der Waals surface area contributed by atoms with E-state index >= 15 is 0 Å². The molecule has 1 aromatic heterocycles. The van der Waals surface area contributed by atoms with Gasteiger partial charge in [0.2, 0.25) is 5.88 Å². The highest BCUT2D eigenvalue weighted by Gasteiger charge is 2.24. The van der Waals surface area contributed by atoms with Crippen LogP contribution < -0.4 is 10.1 Å². The van der Waals surface area contributed by atoms with Crippen molar-refractivity contribution in [3.63, 3.8) is 0 Å². The van der Waals surface area contributed by atoms with E-state index in [2.05, 4.69) is 10.3 Å². The second kappa shape index (κ2) is 7.77. The molecule has 0 aliphatic rings. The lowest BCUT2D eigenvalue weighted by atomic mass is 10.0. The Morgan fingerprint density at radius 2 is 1.92 bits per heavy atom. The predicted octanol–water partition coefficient (Wildman–Crippen LogP) is 2.56. The minimum absolute atomic E-state index is 0.197. The summed E-state index contributed by atoms with van der Waals surface area (Å²) in [5.41, 5.74) is 0.197. The number of amides is 1. The smallest absolute Gasteiger partial charge is 0.328 e. The van der Waals surface area contributed by atoms with Gasteiger partial charge in [0.1, 0.15) is 11.7 Å². The molecule has 6 nitrogen and oxygen atoms in total. The lowest BCUT2D eigenvalue weighted by Gasteiger charge is -2.18. The summed E-state index contributed by atoms with van der Waals surface area (Å²) in [6.07, 6.45) is 0.489. The van der Waals surface area contributed by atoms with E-state index in [4.69, 9.17) is 9.47 Å². The average Bonchev–Trinajstić information content (AvgIpc) is 2.58. The number of nitrogens with zero attached hydrogens (tertiary/aromatic N) is 1. The number of methoxy groups -OCH3 is 2. The van der Waals surface area contributed by atoms with Crippen LogP contribution in [0.3, 0.4) is 0 Å². The number of nitrogens with one attached hydrogen (secondary N) is 1. The van der Waals surface area contributed by atoms with E-state index in [1.807, 2.05) is 38.1 Å². The van der Waals surface area contributed by atoms with E-state index in [-0.39, 0.29) is 11.6 Å². The van der Waals surface area contributed by atoms with E-state index in [1.54, 1.807) is 6.07 Å². The zero-order valence-corrected chi connectivity index (χ0v) is 14.3. The lowest BCUT2D eigenvalue weighted by molar-refractivity contribution is -0.143. The van der Waals surface area contributed by atoms with Gasteiger partial charge in [0.25, 0.3) is 5.91 Å². The van der Waals surface area contributed by atoms with Crippen molar-refractivity contribution in [2.24, 2.45) is 5.92 Å². The maximum absolute atomic E-state index is 12.5. The van der Waals surface area contributed by atoms with E-state index in [0.717, 1.165) is 10.8 Å². The lowest BCUT2D eigenvalue weighted by Crippen LogP contribution is -2.42. The van der Waals surface area contributed by atoms with Crippen molar-refractivity contribution in [2.45, 2.75) is 26.3 Å². The Morgan fingerprint density at radius 3 is 2.54 bits per heavy atom. The summed E-state index contributed by atoms with van der Waals surface area (Å²) < 4.78 is 10.0. The second-order valence-electron chi connectivity index (χ2n) is 5.92. The topological polar surface area (TPSA) is 77.5 Å². The molecule has 1 amide bonds. The van der Waals surface area contributed by atoms with Gasteiger partial charge in [-0.25, -0.2) is 9.78 Å². The van der Waals surface area contributed by atoms with E-state index in [9.17, 15) is 9.59 Å². The van der Waals surface area contributed by atoms with Gasteiger partial charge in [0, 0.05) is 5.39 Å². The van der Waals surface area contributed by atoms with Crippen molar-refractivity contribution < 1.29 is 19.1 Å². The summed E-state index contributed by atoms with van der Waals surface area (Å²) in [4.78, 5) is 28.6. The van der Waals surface area contributed by atoms with Crippen LogP contribution in [-0.2, 0) is 9.53 Å². The molecule has 0 saturated heterocycles. The maximum atomic E-state index is 12.5. The van der Waals surface area contributed by atoms with Crippen molar-refractivity contribution in [3.8, 4) is 5.88 Å². The molecule has 0 saturated carbocycles. The number of carbonyl (C=O) groups is 2. The maximum Gasteiger partial charge on any atom is 0.328 e. The number of hydrogen-bond acceptors (Lipinski definition) is 5. The van der Waals surface area contributed by atoms with E-state index in [0.29, 0.717) is 12.3 Å². The molecule has 6 heteroatoms. The Bertz CT molecular complexity index is 743. The minimum atomic E-state index is -0.707. The SMILES string of the molecule is COC(=O)[C@@H](CC(C)C)NC(=O)c1cc2ccccc2c(OC)n1. The Morgan fingerprint density at radius 1 is 1.21 bits per heavy atom. The number of esters is 1. The Balaban J connectivity index is 2.31. The van der Waals surface area contributed by atoms with Gasteiger partial charge in [-0.2, -0.15) is 0 Å². The van der Waals surface area contributed by atoms with Gasteiger partial charge >= 0.3 is 5.97 Å². The zero-order valence-electron chi connectivity index (χ0n) is 14.3. The molecule has 0 fully saturated rings. The Labute approximate surface area is 141 Å². The van der Waals surface area contributed by atoms with Crippen LogP contribution in [0, 0.1) is 5.92 Å². The molecular formula is C18H22N2O4. The zero-order chi connectivity index (χ0) is 17.7. The van der Waals surface area contributed by atoms with E-state index < -0.39 is 17.9 Å². The van der Waals surface area contributed by atoms with Crippen LogP contribution in [0.5, 0.6) is 5.88 Å². The first kappa shape index (κ1) is 17.7. The molecule has 24 heavy (non-hydrogen) atoms.